The molecule has 2 rings (SSSR count). The molecule has 0 radical (unpaired) electrons. The molecule has 0 saturated heterocycles. The Labute approximate surface area is 155 Å². The molecule has 6 nitrogen and oxygen atoms in total. The van der Waals surface area contributed by atoms with Gasteiger partial charge in [0.15, 0.2) is 0 Å². The first kappa shape index (κ1) is 19.5. The molecule has 2 unspecified atom stereocenters. The molecule has 134 valence electrons. The number of rotatable bonds is 7. The molecule has 0 spiro atoms. The molecule has 25 heavy (non-hydrogen) atoms. The summed E-state index contributed by atoms with van der Waals surface area (Å²) in [6, 6.07) is 12.2. The Kier molecular flexibility index (Phi) is 7.46. The van der Waals surface area contributed by atoms with E-state index in [2.05, 4.69) is 10.3 Å². The third kappa shape index (κ3) is 6.17. The number of carbonyl (C=O) groups is 1. The van der Waals surface area contributed by atoms with Gasteiger partial charge in [-0.05, 0) is 18.1 Å². The van der Waals surface area contributed by atoms with Gasteiger partial charge < -0.3 is 20.3 Å². The van der Waals surface area contributed by atoms with Crippen molar-refractivity contribution >= 4 is 29.3 Å². The Morgan fingerprint density at radius 3 is 2.56 bits per heavy atom. The van der Waals surface area contributed by atoms with Crippen LogP contribution in [0.5, 0.6) is 0 Å². The number of amides is 1. The molecular weight excluding hydrogens is 367 g/mol. The normalized spacial score (nSPS) is 13.1. The monoisotopic (exact) mass is 384 g/mol. The average molecular weight is 385 g/mol. The van der Waals surface area contributed by atoms with Crippen LogP contribution in [0, 0.1) is 0 Å². The maximum absolute atomic E-state index is 11.6. The van der Waals surface area contributed by atoms with Crippen LogP contribution >= 0.6 is 23.2 Å². The third-order valence-electron chi connectivity index (χ3n) is 3.45. The van der Waals surface area contributed by atoms with Crippen molar-refractivity contribution in [3.63, 3.8) is 0 Å². The van der Waals surface area contributed by atoms with Gasteiger partial charge >= 0.3 is 6.09 Å². The molecule has 0 bridgehead atoms. The van der Waals surface area contributed by atoms with Crippen LogP contribution in [0.4, 0.5) is 4.79 Å². The first-order valence-corrected chi connectivity index (χ1v) is 8.35. The Morgan fingerprint density at radius 2 is 1.88 bits per heavy atom. The number of benzene rings is 1. The van der Waals surface area contributed by atoms with E-state index < -0.39 is 18.3 Å². The number of pyridine rings is 1. The maximum atomic E-state index is 11.6. The molecule has 8 heteroatoms. The topological polar surface area (TPSA) is 91.7 Å². The number of hydrogen-bond acceptors (Lipinski definition) is 5. The van der Waals surface area contributed by atoms with E-state index in [1.165, 1.54) is 12.1 Å². The van der Waals surface area contributed by atoms with Crippen molar-refractivity contribution in [3.8, 4) is 0 Å². The fourth-order valence-corrected chi connectivity index (χ4v) is 2.56. The number of ether oxygens (including phenoxy) is 1. The van der Waals surface area contributed by atoms with Crippen LogP contribution in [0.15, 0.2) is 42.5 Å². The predicted octanol–water partition coefficient (Wildman–Crippen LogP) is 3.10. The highest BCUT2D eigenvalue weighted by Gasteiger charge is 2.21. The van der Waals surface area contributed by atoms with Gasteiger partial charge in [-0.3, -0.25) is 0 Å². The van der Waals surface area contributed by atoms with Crippen LogP contribution in [0.1, 0.15) is 23.7 Å². The van der Waals surface area contributed by atoms with Gasteiger partial charge in [0.25, 0.3) is 0 Å². The summed E-state index contributed by atoms with van der Waals surface area (Å²) >= 11 is 11.6. The molecule has 1 heterocycles. The molecule has 1 amide bonds. The lowest BCUT2D eigenvalue weighted by Gasteiger charge is -2.19. The van der Waals surface area contributed by atoms with E-state index in [1.807, 2.05) is 30.3 Å². The van der Waals surface area contributed by atoms with Crippen LogP contribution in [-0.4, -0.2) is 33.9 Å². The van der Waals surface area contributed by atoms with Gasteiger partial charge in [-0.15, -0.1) is 0 Å². The fourth-order valence-electron chi connectivity index (χ4n) is 2.10. The van der Waals surface area contributed by atoms with E-state index in [-0.39, 0.29) is 35.4 Å². The van der Waals surface area contributed by atoms with Crippen LogP contribution in [0.25, 0.3) is 0 Å². The SMILES string of the molecule is O=C(NCCC(O)C(O)c1ccc(Cl)nc1Cl)OCc1ccccc1. The Bertz CT molecular complexity index is 700. The maximum Gasteiger partial charge on any atom is 0.407 e. The predicted molar refractivity (Wildman–Crippen MR) is 94.5 cm³/mol. The highest BCUT2D eigenvalue weighted by atomic mass is 35.5. The van der Waals surface area contributed by atoms with E-state index in [4.69, 9.17) is 27.9 Å². The van der Waals surface area contributed by atoms with Gasteiger partial charge in [-0.2, -0.15) is 0 Å². The summed E-state index contributed by atoms with van der Waals surface area (Å²) in [4.78, 5) is 15.4. The van der Waals surface area contributed by atoms with Crippen LogP contribution in [-0.2, 0) is 11.3 Å². The number of nitrogens with one attached hydrogen (secondary N) is 1. The number of aliphatic hydroxyl groups is 2. The quantitative estimate of drug-likeness (QED) is 0.637. The van der Waals surface area contributed by atoms with Gasteiger partial charge in [0.1, 0.15) is 23.0 Å². The third-order valence-corrected chi connectivity index (χ3v) is 3.96. The van der Waals surface area contributed by atoms with Crippen molar-refractivity contribution in [2.75, 3.05) is 6.54 Å². The number of halogens is 2. The second-order valence-electron chi connectivity index (χ2n) is 5.30. The van der Waals surface area contributed by atoms with Crippen LogP contribution < -0.4 is 5.32 Å². The Balaban J connectivity index is 1.74. The van der Waals surface area contributed by atoms with Crippen molar-refractivity contribution in [1.29, 1.82) is 0 Å². The second kappa shape index (κ2) is 9.58. The van der Waals surface area contributed by atoms with E-state index in [0.717, 1.165) is 5.56 Å². The highest BCUT2D eigenvalue weighted by molar-refractivity contribution is 6.32. The van der Waals surface area contributed by atoms with E-state index in [1.54, 1.807) is 0 Å². The molecule has 0 aliphatic heterocycles. The van der Waals surface area contributed by atoms with Gasteiger partial charge in [0.05, 0.1) is 6.10 Å². The van der Waals surface area contributed by atoms with Gasteiger partial charge in [0.2, 0.25) is 0 Å². The lowest BCUT2D eigenvalue weighted by molar-refractivity contribution is 0.0135. The molecule has 1 aromatic carbocycles. The standard InChI is InChI=1S/C17H18Cl2N2O4/c18-14-7-6-12(16(19)21-14)15(23)13(22)8-9-20-17(24)25-10-11-4-2-1-3-5-11/h1-7,13,15,22-23H,8-10H2,(H,20,24). The summed E-state index contributed by atoms with van der Waals surface area (Å²) in [7, 11) is 0. The minimum atomic E-state index is -1.24. The Morgan fingerprint density at radius 1 is 1.16 bits per heavy atom. The van der Waals surface area contributed by atoms with Crippen molar-refractivity contribution in [2.24, 2.45) is 0 Å². The molecule has 2 aromatic rings. The number of hydrogen-bond donors (Lipinski definition) is 3. The minimum Gasteiger partial charge on any atom is -0.445 e. The minimum absolute atomic E-state index is 0.0225. The number of carbonyl (C=O) groups excluding carboxylic acids is 1. The molecular formula is C17H18Cl2N2O4. The number of aliphatic hydroxyl groups excluding tert-OH is 2. The van der Waals surface area contributed by atoms with E-state index >= 15 is 0 Å². The van der Waals surface area contributed by atoms with Gasteiger partial charge in [0, 0.05) is 12.1 Å². The zero-order chi connectivity index (χ0) is 18.2. The molecule has 0 saturated carbocycles. The summed E-state index contributed by atoms with van der Waals surface area (Å²) in [5.41, 5.74) is 1.14. The summed E-state index contributed by atoms with van der Waals surface area (Å²) in [6.07, 6.45) is -2.85. The first-order valence-electron chi connectivity index (χ1n) is 7.60. The van der Waals surface area contributed by atoms with Crippen LogP contribution in [0.2, 0.25) is 10.3 Å². The van der Waals surface area contributed by atoms with E-state index in [9.17, 15) is 15.0 Å². The van der Waals surface area contributed by atoms with Crippen molar-refractivity contribution < 1.29 is 19.7 Å². The zero-order valence-corrected chi connectivity index (χ0v) is 14.7. The van der Waals surface area contributed by atoms with Crippen LogP contribution in [0.3, 0.4) is 0 Å². The highest BCUT2D eigenvalue weighted by Crippen LogP contribution is 2.26. The van der Waals surface area contributed by atoms with Gasteiger partial charge in [-0.25, -0.2) is 9.78 Å². The largest absolute Gasteiger partial charge is 0.445 e. The molecule has 2 atom stereocenters. The summed E-state index contributed by atoms with van der Waals surface area (Å²) in [5.74, 6) is 0. The average Bonchev–Trinajstić information content (AvgIpc) is 2.60. The number of alkyl carbamates (subject to hydrolysis) is 1. The van der Waals surface area contributed by atoms with Crippen molar-refractivity contribution in [3.05, 3.63) is 63.9 Å². The smallest absolute Gasteiger partial charge is 0.407 e. The summed E-state index contributed by atoms with van der Waals surface area (Å²) < 4.78 is 5.05. The second-order valence-corrected chi connectivity index (χ2v) is 6.05. The molecule has 1 aromatic heterocycles. The number of nitrogens with zero attached hydrogens (tertiary/aromatic N) is 1. The first-order chi connectivity index (χ1) is 12.0. The van der Waals surface area contributed by atoms with Crippen molar-refractivity contribution in [2.45, 2.75) is 25.2 Å². The lowest BCUT2D eigenvalue weighted by atomic mass is 10.0. The molecule has 0 aliphatic rings. The van der Waals surface area contributed by atoms with Gasteiger partial charge in [-0.1, -0.05) is 59.6 Å². The molecule has 0 aliphatic carbocycles. The number of aromatic nitrogens is 1. The lowest BCUT2D eigenvalue weighted by Crippen LogP contribution is -2.29. The Hall–Kier alpha value is -1.86. The zero-order valence-electron chi connectivity index (χ0n) is 13.2. The molecule has 0 fully saturated rings. The van der Waals surface area contributed by atoms with E-state index in [0.29, 0.717) is 0 Å². The summed E-state index contributed by atoms with van der Waals surface area (Å²) in [6.45, 7) is 0.286. The van der Waals surface area contributed by atoms with Crippen molar-refractivity contribution in [1.82, 2.24) is 10.3 Å². The molecule has 3 N–H and O–H groups in total. The fraction of sp³-hybridized carbons (Fsp3) is 0.294. The summed E-state index contributed by atoms with van der Waals surface area (Å²) in [5, 5.41) is 22.9.